The SMILES string of the molecule is COc1cc(C(=O)c2cccc3c2CC2(CCNCC2)OC3=O)nc2c(C3CC3)cccc12. The highest BCUT2D eigenvalue weighted by atomic mass is 16.6. The zero-order valence-electron chi connectivity index (χ0n) is 18.6. The summed E-state index contributed by atoms with van der Waals surface area (Å²) in [6.07, 6.45) is 4.33. The lowest BCUT2D eigenvalue weighted by Gasteiger charge is -2.41. The molecule has 33 heavy (non-hydrogen) atoms. The number of ether oxygens (including phenoxy) is 2. The molecule has 6 heteroatoms. The Morgan fingerprint density at radius 1 is 1.15 bits per heavy atom. The normalized spacial score (nSPS) is 19.2. The van der Waals surface area contributed by atoms with Gasteiger partial charge in [0, 0.05) is 36.3 Å². The molecule has 0 unspecified atom stereocenters. The van der Waals surface area contributed by atoms with Crippen molar-refractivity contribution in [2.75, 3.05) is 20.2 Å². The summed E-state index contributed by atoms with van der Waals surface area (Å²) in [5.41, 5.74) is 3.60. The van der Waals surface area contributed by atoms with Gasteiger partial charge in [-0.1, -0.05) is 24.3 Å². The first-order chi connectivity index (χ1) is 16.1. The van der Waals surface area contributed by atoms with Crippen molar-refractivity contribution in [1.82, 2.24) is 10.3 Å². The van der Waals surface area contributed by atoms with Crippen molar-refractivity contribution >= 4 is 22.7 Å². The predicted octanol–water partition coefficient (Wildman–Crippen LogP) is 4.19. The molecule has 2 aromatic carbocycles. The molecule has 1 saturated carbocycles. The van der Waals surface area contributed by atoms with E-state index in [1.165, 1.54) is 5.56 Å². The molecule has 3 heterocycles. The van der Waals surface area contributed by atoms with Gasteiger partial charge in [-0.3, -0.25) is 4.79 Å². The lowest BCUT2D eigenvalue weighted by Crippen LogP contribution is -2.49. The number of nitrogens with one attached hydrogen (secondary N) is 1. The fourth-order valence-corrected chi connectivity index (χ4v) is 5.34. The number of para-hydroxylation sites is 1. The minimum absolute atomic E-state index is 0.184. The number of esters is 1. The number of benzene rings is 2. The van der Waals surface area contributed by atoms with E-state index in [0.717, 1.165) is 55.2 Å². The largest absolute Gasteiger partial charge is 0.496 e. The number of carbonyl (C=O) groups is 2. The van der Waals surface area contributed by atoms with Gasteiger partial charge in [-0.05, 0) is 55.1 Å². The van der Waals surface area contributed by atoms with Gasteiger partial charge in [0.15, 0.2) is 0 Å². The van der Waals surface area contributed by atoms with Gasteiger partial charge in [0.1, 0.15) is 17.0 Å². The number of carbonyl (C=O) groups excluding carboxylic acids is 2. The predicted molar refractivity (Wildman–Crippen MR) is 124 cm³/mol. The molecular weight excluding hydrogens is 416 g/mol. The highest BCUT2D eigenvalue weighted by Crippen LogP contribution is 2.44. The Labute approximate surface area is 192 Å². The molecule has 2 aliphatic heterocycles. The van der Waals surface area contributed by atoms with Crippen LogP contribution in [0.2, 0.25) is 0 Å². The second-order valence-corrected chi connectivity index (χ2v) is 9.39. The Hall–Kier alpha value is -3.25. The van der Waals surface area contributed by atoms with Crippen molar-refractivity contribution < 1.29 is 19.1 Å². The van der Waals surface area contributed by atoms with E-state index in [2.05, 4.69) is 11.4 Å². The molecule has 1 spiro atoms. The molecular formula is C27H26N2O4. The molecule has 2 fully saturated rings. The Balaban J connectivity index is 1.47. The Bertz CT molecular complexity index is 1290. The van der Waals surface area contributed by atoms with Crippen molar-refractivity contribution in [3.63, 3.8) is 0 Å². The lowest BCUT2D eigenvalue weighted by atomic mass is 9.79. The number of nitrogens with zero attached hydrogens (tertiary/aromatic N) is 1. The van der Waals surface area contributed by atoms with Crippen LogP contribution in [0.15, 0.2) is 42.5 Å². The molecule has 6 rings (SSSR count). The van der Waals surface area contributed by atoms with Gasteiger partial charge in [0.05, 0.1) is 18.2 Å². The van der Waals surface area contributed by atoms with Gasteiger partial charge in [0.25, 0.3) is 0 Å². The fraction of sp³-hybridized carbons (Fsp3) is 0.370. The van der Waals surface area contributed by atoms with Crippen LogP contribution < -0.4 is 10.1 Å². The van der Waals surface area contributed by atoms with E-state index >= 15 is 0 Å². The van der Waals surface area contributed by atoms with Crippen molar-refractivity contribution in [1.29, 1.82) is 0 Å². The minimum atomic E-state index is -0.542. The summed E-state index contributed by atoms with van der Waals surface area (Å²) >= 11 is 0. The second-order valence-electron chi connectivity index (χ2n) is 9.39. The number of rotatable bonds is 4. The molecule has 0 radical (unpaired) electrons. The van der Waals surface area contributed by atoms with Crippen LogP contribution in [0.4, 0.5) is 0 Å². The number of pyridine rings is 1. The highest BCUT2D eigenvalue weighted by Gasteiger charge is 2.42. The zero-order valence-corrected chi connectivity index (χ0v) is 18.6. The maximum atomic E-state index is 13.8. The van der Waals surface area contributed by atoms with Crippen LogP contribution in [0.25, 0.3) is 10.9 Å². The van der Waals surface area contributed by atoms with Gasteiger partial charge in [-0.15, -0.1) is 0 Å². The molecule has 0 bridgehead atoms. The number of fused-ring (bicyclic) bond motifs is 2. The first kappa shape index (κ1) is 20.4. The van der Waals surface area contributed by atoms with Crippen LogP contribution in [-0.4, -0.2) is 42.5 Å². The van der Waals surface area contributed by atoms with Gasteiger partial charge in [0.2, 0.25) is 5.78 Å². The summed E-state index contributed by atoms with van der Waals surface area (Å²) in [7, 11) is 1.62. The topological polar surface area (TPSA) is 77.5 Å². The average Bonchev–Trinajstić information content (AvgIpc) is 3.68. The molecule has 6 nitrogen and oxygen atoms in total. The third-order valence-corrected chi connectivity index (χ3v) is 7.27. The summed E-state index contributed by atoms with van der Waals surface area (Å²) in [4.78, 5) is 31.5. The number of hydrogen-bond donors (Lipinski definition) is 1. The molecule has 0 amide bonds. The maximum absolute atomic E-state index is 13.8. The molecule has 1 aliphatic carbocycles. The second kappa shape index (κ2) is 7.66. The van der Waals surface area contributed by atoms with Gasteiger partial charge >= 0.3 is 5.97 Å². The van der Waals surface area contributed by atoms with Crippen LogP contribution in [0, 0.1) is 0 Å². The molecule has 1 aromatic heterocycles. The van der Waals surface area contributed by atoms with E-state index in [1.54, 1.807) is 31.4 Å². The zero-order chi connectivity index (χ0) is 22.6. The number of ketones is 1. The van der Waals surface area contributed by atoms with Gasteiger partial charge in [-0.25, -0.2) is 9.78 Å². The average molecular weight is 443 g/mol. The van der Waals surface area contributed by atoms with Gasteiger partial charge < -0.3 is 14.8 Å². The van der Waals surface area contributed by atoms with E-state index in [-0.39, 0.29) is 11.8 Å². The molecule has 0 atom stereocenters. The summed E-state index contributed by atoms with van der Waals surface area (Å²) in [6.45, 7) is 1.60. The van der Waals surface area contributed by atoms with Crippen LogP contribution in [-0.2, 0) is 11.2 Å². The number of piperidine rings is 1. The molecule has 1 saturated heterocycles. The van der Waals surface area contributed by atoms with Crippen molar-refractivity contribution in [3.05, 3.63) is 70.4 Å². The van der Waals surface area contributed by atoms with Crippen molar-refractivity contribution in [2.24, 2.45) is 0 Å². The summed E-state index contributed by atoms with van der Waals surface area (Å²) in [5.74, 6) is 0.615. The quantitative estimate of drug-likeness (QED) is 0.482. The number of hydrogen-bond acceptors (Lipinski definition) is 6. The highest BCUT2D eigenvalue weighted by molar-refractivity contribution is 6.12. The van der Waals surface area contributed by atoms with E-state index in [0.29, 0.717) is 34.9 Å². The standard InChI is InChI=1S/C27H26N2O4/c1-32-23-14-22(29-24-17(16-8-9-16)4-2-7-20(23)24)25(30)18-5-3-6-19-21(18)15-27(33-26(19)31)10-12-28-13-11-27/h2-7,14,16,28H,8-13,15H2,1H3. The first-order valence-electron chi connectivity index (χ1n) is 11.7. The molecule has 1 N–H and O–H groups in total. The minimum Gasteiger partial charge on any atom is -0.496 e. The summed E-state index contributed by atoms with van der Waals surface area (Å²) in [5, 5.41) is 4.25. The monoisotopic (exact) mass is 442 g/mol. The fourth-order valence-electron chi connectivity index (χ4n) is 5.34. The van der Waals surface area contributed by atoms with E-state index in [1.807, 2.05) is 12.1 Å². The number of aromatic nitrogens is 1. The summed E-state index contributed by atoms with van der Waals surface area (Å²) < 4.78 is 11.6. The molecule has 168 valence electrons. The Morgan fingerprint density at radius 3 is 2.70 bits per heavy atom. The first-order valence-corrected chi connectivity index (χ1v) is 11.7. The molecule has 3 aromatic rings. The van der Waals surface area contributed by atoms with E-state index < -0.39 is 5.60 Å². The van der Waals surface area contributed by atoms with Crippen molar-refractivity contribution in [2.45, 2.75) is 43.6 Å². The third-order valence-electron chi connectivity index (χ3n) is 7.27. The smallest absolute Gasteiger partial charge is 0.338 e. The summed E-state index contributed by atoms with van der Waals surface area (Å²) in [6, 6.07) is 13.1. The number of methoxy groups -OCH3 is 1. The van der Waals surface area contributed by atoms with Crippen LogP contribution in [0.1, 0.15) is 69.1 Å². The maximum Gasteiger partial charge on any atom is 0.338 e. The Morgan fingerprint density at radius 2 is 1.94 bits per heavy atom. The third kappa shape index (κ3) is 3.40. The van der Waals surface area contributed by atoms with Crippen LogP contribution >= 0.6 is 0 Å². The molecule has 3 aliphatic rings. The van der Waals surface area contributed by atoms with Crippen molar-refractivity contribution in [3.8, 4) is 5.75 Å². The van der Waals surface area contributed by atoms with Crippen LogP contribution in [0.5, 0.6) is 5.75 Å². The van der Waals surface area contributed by atoms with E-state index in [9.17, 15) is 9.59 Å². The lowest BCUT2D eigenvalue weighted by molar-refractivity contribution is -0.0398. The Kier molecular flexibility index (Phi) is 4.73. The van der Waals surface area contributed by atoms with Gasteiger partial charge in [-0.2, -0.15) is 0 Å². The van der Waals surface area contributed by atoms with Crippen LogP contribution in [0.3, 0.4) is 0 Å². The van der Waals surface area contributed by atoms with E-state index in [4.69, 9.17) is 14.5 Å².